The molecule has 0 saturated heterocycles. The van der Waals surface area contributed by atoms with E-state index in [9.17, 15) is 13.2 Å². The van der Waals surface area contributed by atoms with E-state index in [2.05, 4.69) is 18.6 Å². The Labute approximate surface area is 111 Å². The lowest BCUT2D eigenvalue weighted by molar-refractivity contribution is -0.174. The van der Waals surface area contributed by atoms with E-state index in [4.69, 9.17) is 11.6 Å². The van der Waals surface area contributed by atoms with Gasteiger partial charge in [0.15, 0.2) is 0 Å². The Kier molecular flexibility index (Phi) is 5.53. The molecule has 18 heavy (non-hydrogen) atoms. The van der Waals surface area contributed by atoms with Gasteiger partial charge in [-0.15, -0.1) is 11.6 Å². The maximum absolute atomic E-state index is 11.8. The highest BCUT2D eigenvalue weighted by molar-refractivity contribution is 6.21. The zero-order valence-electron chi connectivity index (χ0n) is 10.8. The number of ether oxygens (including phenoxy) is 1. The Hall–Kier alpha value is -0.220. The summed E-state index contributed by atoms with van der Waals surface area (Å²) in [5.74, 6) is 0. The van der Waals surface area contributed by atoms with Gasteiger partial charge in [0.1, 0.15) is 6.61 Å². The maximum Gasteiger partial charge on any atom is 0.411 e. The molecule has 0 fully saturated rings. The summed E-state index contributed by atoms with van der Waals surface area (Å²) < 4.78 is 40.1. The Morgan fingerprint density at radius 1 is 1.44 bits per heavy atom. The van der Waals surface area contributed by atoms with Gasteiger partial charge in [-0.05, 0) is 31.1 Å². The van der Waals surface area contributed by atoms with Crippen LogP contribution in [0.2, 0.25) is 0 Å². The standard InChI is InChI=1S/C13H20ClF3O/c1-12(2)7-10(6-11(14)8-12)4-3-5-18-9-13(15,16)17/h6,11H,3-5,7-9H2,1-2H3. The molecule has 5 heteroatoms. The minimum atomic E-state index is -4.23. The zero-order chi connectivity index (χ0) is 13.8. The summed E-state index contributed by atoms with van der Waals surface area (Å²) in [7, 11) is 0. The monoisotopic (exact) mass is 284 g/mol. The number of rotatable bonds is 5. The molecule has 0 radical (unpaired) electrons. The van der Waals surface area contributed by atoms with Crippen molar-refractivity contribution in [3.05, 3.63) is 11.6 Å². The van der Waals surface area contributed by atoms with Crippen molar-refractivity contribution >= 4 is 11.6 Å². The average molecular weight is 285 g/mol. The van der Waals surface area contributed by atoms with Crippen LogP contribution in [0, 0.1) is 5.41 Å². The van der Waals surface area contributed by atoms with Crippen molar-refractivity contribution in [2.45, 2.75) is 51.1 Å². The van der Waals surface area contributed by atoms with Crippen LogP contribution in [0.3, 0.4) is 0 Å². The lowest BCUT2D eigenvalue weighted by Crippen LogP contribution is -2.22. The molecule has 0 heterocycles. The molecule has 1 atom stereocenters. The van der Waals surface area contributed by atoms with Crippen molar-refractivity contribution in [1.29, 1.82) is 0 Å². The summed E-state index contributed by atoms with van der Waals surface area (Å²) in [6, 6.07) is 0. The molecule has 0 N–H and O–H groups in total. The molecule has 0 spiro atoms. The van der Waals surface area contributed by atoms with Crippen LogP contribution < -0.4 is 0 Å². The van der Waals surface area contributed by atoms with Crippen molar-refractivity contribution in [1.82, 2.24) is 0 Å². The van der Waals surface area contributed by atoms with E-state index >= 15 is 0 Å². The zero-order valence-corrected chi connectivity index (χ0v) is 11.6. The first kappa shape index (κ1) is 15.8. The van der Waals surface area contributed by atoms with Crippen molar-refractivity contribution in [2.75, 3.05) is 13.2 Å². The highest BCUT2D eigenvalue weighted by Gasteiger charge is 2.28. The third kappa shape index (κ3) is 6.64. The van der Waals surface area contributed by atoms with E-state index < -0.39 is 12.8 Å². The van der Waals surface area contributed by atoms with Gasteiger partial charge >= 0.3 is 6.18 Å². The first-order chi connectivity index (χ1) is 8.18. The number of hydrogen-bond donors (Lipinski definition) is 0. The van der Waals surface area contributed by atoms with Gasteiger partial charge in [-0.2, -0.15) is 13.2 Å². The van der Waals surface area contributed by atoms with Crippen LogP contribution in [0.5, 0.6) is 0 Å². The summed E-state index contributed by atoms with van der Waals surface area (Å²) in [5.41, 5.74) is 1.42. The van der Waals surface area contributed by atoms with Gasteiger partial charge in [-0.3, -0.25) is 0 Å². The van der Waals surface area contributed by atoms with E-state index in [1.807, 2.05) is 6.08 Å². The largest absolute Gasteiger partial charge is 0.411 e. The quantitative estimate of drug-likeness (QED) is 0.404. The first-order valence-corrected chi connectivity index (χ1v) is 6.60. The Bertz CT molecular complexity index is 297. The van der Waals surface area contributed by atoms with Crippen molar-refractivity contribution in [3.8, 4) is 0 Å². The fourth-order valence-corrected chi connectivity index (χ4v) is 2.95. The molecule has 0 aromatic rings. The molecule has 1 aliphatic carbocycles. The molecule has 0 aromatic carbocycles. The molecule has 0 amide bonds. The predicted octanol–water partition coefficient (Wildman–Crippen LogP) is 4.70. The van der Waals surface area contributed by atoms with Crippen LogP contribution >= 0.6 is 11.6 Å². The second-order valence-corrected chi connectivity index (χ2v) is 6.22. The smallest absolute Gasteiger partial charge is 0.372 e. The molecule has 0 bridgehead atoms. The Morgan fingerprint density at radius 3 is 2.67 bits per heavy atom. The van der Waals surface area contributed by atoms with Crippen molar-refractivity contribution < 1.29 is 17.9 Å². The number of allylic oxidation sites excluding steroid dienone is 2. The van der Waals surface area contributed by atoms with Crippen molar-refractivity contribution in [2.24, 2.45) is 5.41 Å². The molecule has 1 aliphatic rings. The van der Waals surface area contributed by atoms with Gasteiger partial charge in [0.25, 0.3) is 0 Å². The minimum absolute atomic E-state index is 0.0415. The summed E-state index contributed by atoms with van der Waals surface area (Å²) in [5, 5.41) is 0.0415. The summed E-state index contributed by atoms with van der Waals surface area (Å²) in [4.78, 5) is 0. The molecule has 0 aromatic heterocycles. The lowest BCUT2D eigenvalue weighted by atomic mass is 9.76. The SMILES string of the molecule is CC1(C)CC(CCCOCC(F)(F)F)=CC(Cl)C1. The molecule has 0 saturated carbocycles. The van der Waals surface area contributed by atoms with Gasteiger partial charge in [0, 0.05) is 6.61 Å². The van der Waals surface area contributed by atoms with Crippen LogP contribution in [0.1, 0.15) is 39.5 Å². The van der Waals surface area contributed by atoms with Crippen LogP contribution in [-0.2, 0) is 4.74 Å². The van der Waals surface area contributed by atoms with E-state index in [-0.39, 0.29) is 17.4 Å². The average Bonchev–Trinajstić information content (AvgIpc) is 2.11. The fourth-order valence-electron chi connectivity index (χ4n) is 2.35. The van der Waals surface area contributed by atoms with Gasteiger partial charge in [-0.1, -0.05) is 25.5 Å². The second-order valence-electron chi connectivity index (χ2n) is 5.66. The fraction of sp³-hybridized carbons (Fsp3) is 0.846. The van der Waals surface area contributed by atoms with E-state index in [1.165, 1.54) is 5.57 Å². The van der Waals surface area contributed by atoms with E-state index in [0.29, 0.717) is 6.42 Å². The van der Waals surface area contributed by atoms with Gasteiger partial charge in [0.05, 0.1) is 5.38 Å². The molecular weight excluding hydrogens is 265 g/mol. The Morgan fingerprint density at radius 2 is 2.11 bits per heavy atom. The van der Waals surface area contributed by atoms with Gasteiger partial charge < -0.3 is 4.74 Å². The Balaban J connectivity index is 2.23. The van der Waals surface area contributed by atoms with Crippen LogP contribution in [0.25, 0.3) is 0 Å². The molecular formula is C13H20ClF3O. The van der Waals surface area contributed by atoms with Crippen LogP contribution in [0.15, 0.2) is 11.6 Å². The summed E-state index contributed by atoms with van der Waals surface area (Å²) in [6.07, 6.45) is 1.11. The third-order valence-corrected chi connectivity index (χ3v) is 3.20. The summed E-state index contributed by atoms with van der Waals surface area (Å²) >= 11 is 6.14. The lowest BCUT2D eigenvalue weighted by Gasteiger charge is -2.32. The highest BCUT2D eigenvalue weighted by atomic mass is 35.5. The number of halogens is 4. The third-order valence-electron chi connectivity index (χ3n) is 2.92. The van der Waals surface area contributed by atoms with Crippen LogP contribution in [0.4, 0.5) is 13.2 Å². The van der Waals surface area contributed by atoms with Crippen molar-refractivity contribution in [3.63, 3.8) is 0 Å². The summed E-state index contributed by atoms with van der Waals surface area (Å²) in [6.45, 7) is 3.31. The molecule has 0 aliphatic heterocycles. The minimum Gasteiger partial charge on any atom is -0.372 e. The first-order valence-electron chi connectivity index (χ1n) is 6.16. The van der Waals surface area contributed by atoms with E-state index in [0.717, 1.165) is 19.3 Å². The van der Waals surface area contributed by atoms with Gasteiger partial charge in [-0.25, -0.2) is 0 Å². The molecule has 106 valence electrons. The normalized spacial score (nSPS) is 23.9. The second kappa shape index (κ2) is 6.29. The maximum atomic E-state index is 11.8. The number of hydrogen-bond acceptors (Lipinski definition) is 1. The highest BCUT2D eigenvalue weighted by Crippen LogP contribution is 2.38. The van der Waals surface area contributed by atoms with Gasteiger partial charge in [0.2, 0.25) is 0 Å². The molecule has 1 rings (SSSR count). The number of alkyl halides is 4. The van der Waals surface area contributed by atoms with Crippen LogP contribution in [-0.4, -0.2) is 24.8 Å². The topological polar surface area (TPSA) is 9.23 Å². The molecule has 1 nitrogen and oxygen atoms in total. The predicted molar refractivity (Wildman–Crippen MR) is 66.8 cm³/mol. The molecule has 1 unspecified atom stereocenters. The van der Waals surface area contributed by atoms with E-state index in [1.54, 1.807) is 0 Å².